The van der Waals surface area contributed by atoms with E-state index >= 15 is 0 Å². The summed E-state index contributed by atoms with van der Waals surface area (Å²) in [5.74, 6) is 1.22. The minimum absolute atomic E-state index is 0.326. The quantitative estimate of drug-likeness (QED) is 0.711. The third kappa shape index (κ3) is 1.73. The van der Waals surface area contributed by atoms with E-state index in [0.717, 1.165) is 0 Å². The Balaban J connectivity index is 2.28. The number of halogens is 1. The average molecular weight is 255 g/mol. The van der Waals surface area contributed by atoms with Crippen molar-refractivity contribution >= 4 is 23.0 Å². The van der Waals surface area contributed by atoms with Crippen LogP contribution in [0.15, 0.2) is 47.5 Å². The number of para-hydroxylation sites is 1. The van der Waals surface area contributed by atoms with Crippen molar-refractivity contribution < 1.29 is 4.74 Å². The Hall–Kier alpha value is -2.31. The third-order valence-corrected chi connectivity index (χ3v) is 2.86. The second-order valence-electron chi connectivity index (χ2n) is 3.78. The summed E-state index contributed by atoms with van der Waals surface area (Å²) in [6.45, 7) is 0. The number of hydrogen-bond acceptors (Lipinski definition) is 3. The highest BCUT2D eigenvalue weighted by Gasteiger charge is 2.17. The van der Waals surface area contributed by atoms with Crippen LogP contribution in [-0.4, -0.2) is 5.71 Å². The Kier molecular flexibility index (Phi) is 2.51. The van der Waals surface area contributed by atoms with Gasteiger partial charge in [0.05, 0.1) is 5.56 Å². The first-order valence-electron chi connectivity index (χ1n) is 5.33. The maximum atomic E-state index is 9.19. The molecule has 86 valence electrons. The van der Waals surface area contributed by atoms with Crippen molar-refractivity contribution in [1.82, 2.24) is 0 Å². The molecule has 0 spiro atoms. The van der Waals surface area contributed by atoms with Crippen LogP contribution in [0.2, 0.25) is 5.02 Å². The van der Waals surface area contributed by atoms with Gasteiger partial charge in [-0.25, -0.2) is 4.99 Å². The summed E-state index contributed by atoms with van der Waals surface area (Å²) < 4.78 is 5.77. The first-order valence-corrected chi connectivity index (χ1v) is 5.71. The van der Waals surface area contributed by atoms with Gasteiger partial charge in [0.25, 0.3) is 0 Å². The molecule has 1 aliphatic rings. The minimum atomic E-state index is 0.326. The number of rotatable bonds is 0. The van der Waals surface area contributed by atoms with Crippen LogP contribution in [0.4, 0.5) is 5.69 Å². The lowest BCUT2D eigenvalue weighted by atomic mass is 10.1. The number of ether oxygens (including phenoxy) is 1. The zero-order valence-corrected chi connectivity index (χ0v) is 9.98. The van der Waals surface area contributed by atoms with Gasteiger partial charge in [0.2, 0.25) is 0 Å². The fourth-order valence-electron chi connectivity index (χ4n) is 1.80. The minimum Gasteiger partial charge on any atom is -0.454 e. The highest BCUT2D eigenvalue weighted by Crippen LogP contribution is 2.38. The van der Waals surface area contributed by atoms with Gasteiger partial charge in [-0.3, -0.25) is 0 Å². The standard InChI is InChI=1S/C14H7ClN2O/c15-9-5-6-14-11(7-9)17-12(8-16)10-3-1-2-4-13(10)18-14/h1-7H. The summed E-state index contributed by atoms with van der Waals surface area (Å²) in [6, 6.07) is 14.6. The highest BCUT2D eigenvalue weighted by molar-refractivity contribution is 6.31. The number of aliphatic imine (C=N–C) groups is 1. The van der Waals surface area contributed by atoms with Crippen LogP contribution in [0, 0.1) is 11.3 Å². The molecule has 2 aromatic carbocycles. The van der Waals surface area contributed by atoms with Crippen molar-refractivity contribution in [3.05, 3.63) is 53.1 Å². The predicted molar refractivity (Wildman–Crippen MR) is 69.8 cm³/mol. The van der Waals surface area contributed by atoms with Gasteiger partial charge in [-0.1, -0.05) is 23.7 Å². The summed E-state index contributed by atoms with van der Waals surface area (Å²) in [4.78, 5) is 4.31. The summed E-state index contributed by atoms with van der Waals surface area (Å²) in [5, 5.41) is 9.75. The fraction of sp³-hybridized carbons (Fsp3) is 0. The fourth-order valence-corrected chi connectivity index (χ4v) is 1.97. The Morgan fingerprint density at radius 3 is 2.78 bits per heavy atom. The van der Waals surface area contributed by atoms with Crippen molar-refractivity contribution in [2.75, 3.05) is 0 Å². The number of benzene rings is 2. The van der Waals surface area contributed by atoms with Gasteiger partial charge < -0.3 is 4.74 Å². The van der Waals surface area contributed by atoms with Crippen LogP contribution in [0.25, 0.3) is 0 Å². The van der Waals surface area contributed by atoms with E-state index in [1.807, 2.05) is 24.3 Å². The lowest BCUT2D eigenvalue weighted by molar-refractivity contribution is 0.485. The van der Waals surface area contributed by atoms with Gasteiger partial charge in [-0.2, -0.15) is 5.26 Å². The largest absolute Gasteiger partial charge is 0.454 e. The molecule has 3 rings (SSSR count). The molecule has 3 nitrogen and oxygen atoms in total. The summed E-state index contributed by atoms with van der Waals surface area (Å²) in [7, 11) is 0. The van der Waals surface area contributed by atoms with Gasteiger partial charge in [-0.15, -0.1) is 0 Å². The maximum Gasteiger partial charge on any atom is 0.153 e. The Labute approximate surface area is 109 Å². The van der Waals surface area contributed by atoms with E-state index in [-0.39, 0.29) is 0 Å². The molecule has 1 heterocycles. The van der Waals surface area contributed by atoms with E-state index in [2.05, 4.69) is 11.1 Å². The van der Waals surface area contributed by atoms with Crippen molar-refractivity contribution in [2.45, 2.75) is 0 Å². The predicted octanol–water partition coefficient (Wildman–Crippen LogP) is 4.09. The second-order valence-corrected chi connectivity index (χ2v) is 4.22. The van der Waals surface area contributed by atoms with Gasteiger partial charge in [0, 0.05) is 5.02 Å². The molecule has 0 saturated heterocycles. The van der Waals surface area contributed by atoms with E-state index in [9.17, 15) is 5.26 Å². The summed E-state index contributed by atoms with van der Waals surface area (Å²) in [5.41, 5.74) is 1.58. The molecule has 0 aromatic heterocycles. The molecular weight excluding hydrogens is 248 g/mol. The number of nitriles is 1. The van der Waals surface area contributed by atoms with Crippen LogP contribution in [-0.2, 0) is 0 Å². The van der Waals surface area contributed by atoms with E-state index < -0.39 is 0 Å². The van der Waals surface area contributed by atoms with Gasteiger partial charge in [0.1, 0.15) is 17.5 Å². The van der Waals surface area contributed by atoms with Crippen molar-refractivity contribution in [3.63, 3.8) is 0 Å². The van der Waals surface area contributed by atoms with Crippen molar-refractivity contribution in [3.8, 4) is 17.6 Å². The molecule has 0 aliphatic carbocycles. The smallest absolute Gasteiger partial charge is 0.153 e. The van der Waals surface area contributed by atoms with Gasteiger partial charge in [-0.05, 0) is 30.3 Å². The van der Waals surface area contributed by atoms with Crippen LogP contribution in [0.3, 0.4) is 0 Å². The topological polar surface area (TPSA) is 45.4 Å². The first-order chi connectivity index (χ1) is 8.78. The molecule has 0 bridgehead atoms. The zero-order chi connectivity index (χ0) is 12.5. The highest BCUT2D eigenvalue weighted by atomic mass is 35.5. The van der Waals surface area contributed by atoms with Crippen molar-refractivity contribution in [1.29, 1.82) is 5.26 Å². The normalized spacial score (nSPS) is 12.3. The van der Waals surface area contributed by atoms with Gasteiger partial charge in [0.15, 0.2) is 11.5 Å². The van der Waals surface area contributed by atoms with Crippen LogP contribution < -0.4 is 4.74 Å². The number of nitrogens with zero attached hydrogens (tertiary/aromatic N) is 2. The van der Waals surface area contributed by atoms with E-state index in [1.165, 1.54) is 0 Å². The lowest BCUT2D eigenvalue weighted by Crippen LogP contribution is -1.97. The molecule has 0 N–H and O–H groups in total. The van der Waals surface area contributed by atoms with E-state index in [4.69, 9.17) is 16.3 Å². The molecule has 1 aliphatic heterocycles. The summed E-state index contributed by atoms with van der Waals surface area (Å²) >= 11 is 5.92. The average Bonchev–Trinajstić information content (AvgIpc) is 2.54. The number of hydrogen-bond donors (Lipinski definition) is 0. The number of fused-ring (bicyclic) bond motifs is 2. The molecule has 2 aromatic rings. The van der Waals surface area contributed by atoms with Gasteiger partial charge >= 0.3 is 0 Å². The van der Waals surface area contributed by atoms with E-state index in [0.29, 0.717) is 33.5 Å². The maximum absolute atomic E-state index is 9.19. The summed E-state index contributed by atoms with van der Waals surface area (Å²) in [6.07, 6.45) is 0. The molecule has 4 heteroatoms. The molecule has 0 amide bonds. The molecule has 0 radical (unpaired) electrons. The Bertz CT molecular complexity index is 701. The first kappa shape index (κ1) is 10.8. The molecule has 18 heavy (non-hydrogen) atoms. The Morgan fingerprint density at radius 2 is 1.94 bits per heavy atom. The Morgan fingerprint density at radius 1 is 1.11 bits per heavy atom. The molecule has 0 fully saturated rings. The second kappa shape index (κ2) is 4.17. The van der Waals surface area contributed by atoms with Crippen LogP contribution in [0.5, 0.6) is 11.5 Å². The van der Waals surface area contributed by atoms with Crippen molar-refractivity contribution in [2.24, 2.45) is 4.99 Å². The van der Waals surface area contributed by atoms with E-state index in [1.54, 1.807) is 18.2 Å². The lowest BCUT2D eigenvalue weighted by Gasteiger charge is -2.07. The molecule has 0 unspecified atom stereocenters. The molecule has 0 saturated carbocycles. The monoisotopic (exact) mass is 254 g/mol. The third-order valence-electron chi connectivity index (χ3n) is 2.62. The SMILES string of the molecule is N#CC1=Nc2cc(Cl)ccc2Oc2ccccc21. The van der Waals surface area contributed by atoms with Crippen LogP contribution in [0.1, 0.15) is 5.56 Å². The zero-order valence-electron chi connectivity index (χ0n) is 9.22. The van der Waals surface area contributed by atoms with Crippen LogP contribution >= 0.6 is 11.6 Å². The molecular formula is C14H7ClN2O. The molecule has 0 atom stereocenters.